The molecule has 1 aromatic rings. The fraction of sp³-hybridized carbons (Fsp3) is 0.588. The Bertz CT molecular complexity index is 465. The average molecular weight is 309 g/mol. The Hall–Kier alpha value is -1.59. The predicted molar refractivity (Wildman–Crippen MR) is 85.6 cm³/mol. The van der Waals surface area contributed by atoms with Gasteiger partial charge in [0.15, 0.2) is 0 Å². The Morgan fingerprint density at radius 2 is 1.77 bits per heavy atom. The number of aliphatic hydroxyl groups is 1. The third-order valence-corrected chi connectivity index (χ3v) is 3.17. The molecule has 2 N–H and O–H groups in total. The zero-order valence-electron chi connectivity index (χ0n) is 14.1. The van der Waals surface area contributed by atoms with E-state index in [4.69, 9.17) is 9.47 Å². The Labute approximate surface area is 132 Å². The highest BCUT2D eigenvalue weighted by atomic mass is 16.6. The molecule has 0 aliphatic heterocycles. The van der Waals surface area contributed by atoms with Crippen LogP contribution in [0, 0.1) is 0 Å². The first-order valence-electron chi connectivity index (χ1n) is 7.42. The number of benzene rings is 1. The Morgan fingerprint density at radius 1 is 1.18 bits per heavy atom. The first kappa shape index (κ1) is 18.5. The lowest BCUT2D eigenvalue weighted by Gasteiger charge is -2.34. The number of carbonyl (C=O) groups excluding carboxylic acids is 1. The Balaban J connectivity index is 2.61. The van der Waals surface area contributed by atoms with Crippen molar-refractivity contribution in [2.75, 3.05) is 6.61 Å². The summed E-state index contributed by atoms with van der Waals surface area (Å²) in [4.78, 5) is 11.8. The summed E-state index contributed by atoms with van der Waals surface area (Å²) in [6, 6.07) is 9.18. The van der Waals surface area contributed by atoms with Crippen molar-refractivity contribution < 1.29 is 19.4 Å². The minimum Gasteiger partial charge on any atom is -0.444 e. The van der Waals surface area contributed by atoms with Gasteiger partial charge in [-0.3, -0.25) is 0 Å². The zero-order chi connectivity index (χ0) is 16.8. The molecule has 0 radical (unpaired) electrons. The highest BCUT2D eigenvalue weighted by molar-refractivity contribution is 5.68. The van der Waals surface area contributed by atoms with Gasteiger partial charge >= 0.3 is 6.09 Å². The summed E-state index contributed by atoms with van der Waals surface area (Å²) in [6.45, 7) is 9.19. The van der Waals surface area contributed by atoms with Crippen LogP contribution in [0.4, 0.5) is 4.79 Å². The monoisotopic (exact) mass is 309 g/mol. The van der Waals surface area contributed by atoms with E-state index >= 15 is 0 Å². The van der Waals surface area contributed by atoms with Crippen LogP contribution in [0.5, 0.6) is 0 Å². The summed E-state index contributed by atoms with van der Waals surface area (Å²) in [5, 5.41) is 12.2. The topological polar surface area (TPSA) is 67.8 Å². The minimum atomic E-state index is -0.735. The van der Waals surface area contributed by atoms with Crippen LogP contribution in [0.1, 0.15) is 40.2 Å². The van der Waals surface area contributed by atoms with E-state index < -0.39 is 23.3 Å². The summed E-state index contributed by atoms with van der Waals surface area (Å²) in [6.07, 6.45) is -0.567. The SMILES string of the molecule is CC(C)(C)OC(=O)NC(CO)C(C)(C)OCc1ccccc1. The molecule has 0 aromatic heterocycles. The average Bonchev–Trinajstić information content (AvgIpc) is 2.42. The first-order valence-corrected chi connectivity index (χ1v) is 7.42. The molecule has 0 saturated heterocycles. The normalized spacial score (nSPS) is 13.5. The maximum atomic E-state index is 11.8. The van der Waals surface area contributed by atoms with E-state index in [1.54, 1.807) is 20.8 Å². The molecule has 0 aliphatic rings. The van der Waals surface area contributed by atoms with Gasteiger partial charge in [-0.1, -0.05) is 30.3 Å². The van der Waals surface area contributed by atoms with Gasteiger partial charge in [0, 0.05) is 0 Å². The van der Waals surface area contributed by atoms with Crippen molar-refractivity contribution in [1.29, 1.82) is 0 Å². The molecule has 0 spiro atoms. The fourth-order valence-electron chi connectivity index (χ4n) is 1.83. The van der Waals surface area contributed by atoms with E-state index in [9.17, 15) is 9.90 Å². The number of ether oxygens (including phenoxy) is 2. The predicted octanol–water partition coefficient (Wildman–Crippen LogP) is 2.87. The second-order valence-corrected chi connectivity index (χ2v) is 6.76. The van der Waals surface area contributed by atoms with Crippen LogP contribution in [0.2, 0.25) is 0 Å². The van der Waals surface area contributed by atoms with E-state index in [0.29, 0.717) is 6.61 Å². The lowest BCUT2D eigenvalue weighted by molar-refractivity contribution is -0.0674. The van der Waals surface area contributed by atoms with Gasteiger partial charge < -0.3 is 19.9 Å². The van der Waals surface area contributed by atoms with Gasteiger partial charge in [0.1, 0.15) is 5.60 Å². The number of nitrogens with one attached hydrogen (secondary N) is 1. The number of aliphatic hydroxyl groups excluding tert-OH is 1. The zero-order valence-corrected chi connectivity index (χ0v) is 14.1. The van der Waals surface area contributed by atoms with Gasteiger partial charge in [-0.2, -0.15) is 0 Å². The molecule has 0 fully saturated rings. The number of alkyl carbamates (subject to hydrolysis) is 1. The van der Waals surface area contributed by atoms with E-state index in [-0.39, 0.29) is 6.61 Å². The fourth-order valence-corrected chi connectivity index (χ4v) is 1.83. The molecule has 0 aliphatic carbocycles. The van der Waals surface area contributed by atoms with Crippen molar-refractivity contribution in [3.8, 4) is 0 Å². The van der Waals surface area contributed by atoms with Crippen molar-refractivity contribution >= 4 is 6.09 Å². The molecule has 1 aromatic carbocycles. The van der Waals surface area contributed by atoms with Crippen LogP contribution in [-0.4, -0.2) is 35.1 Å². The van der Waals surface area contributed by atoms with Gasteiger partial charge in [0.25, 0.3) is 0 Å². The van der Waals surface area contributed by atoms with E-state index in [1.165, 1.54) is 0 Å². The highest BCUT2D eigenvalue weighted by Gasteiger charge is 2.32. The lowest BCUT2D eigenvalue weighted by atomic mass is 9.99. The molecule has 124 valence electrons. The summed E-state index contributed by atoms with van der Waals surface area (Å²) in [5.41, 5.74) is -0.287. The molecule has 1 rings (SSSR count). The summed E-state index contributed by atoms with van der Waals surface area (Å²) < 4.78 is 11.1. The number of rotatable bonds is 6. The van der Waals surface area contributed by atoms with Crippen LogP contribution in [0.15, 0.2) is 30.3 Å². The van der Waals surface area contributed by atoms with E-state index in [0.717, 1.165) is 5.56 Å². The molecule has 5 heteroatoms. The molecule has 1 unspecified atom stereocenters. The highest BCUT2D eigenvalue weighted by Crippen LogP contribution is 2.18. The molecule has 1 amide bonds. The molecular formula is C17H27NO4. The van der Waals surface area contributed by atoms with Crippen LogP contribution < -0.4 is 5.32 Å². The maximum Gasteiger partial charge on any atom is 0.408 e. The largest absolute Gasteiger partial charge is 0.444 e. The van der Waals surface area contributed by atoms with Crippen molar-refractivity contribution in [3.63, 3.8) is 0 Å². The van der Waals surface area contributed by atoms with E-state index in [2.05, 4.69) is 5.32 Å². The second-order valence-electron chi connectivity index (χ2n) is 6.76. The number of hydrogen-bond donors (Lipinski definition) is 2. The quantitative estimate of drug-likeness (QED) is 0.848. The second kappa shape index (κ2) is 7.61. The minimum absolute atomic E-state index is 0.235. The summed E-state index contributed by atoms with van der Waals surface area (Å²) in [7, 11) is 0. The molecule has 0 heterocycles. The van der Waals surface area contributed by atoms with Crippen LogP contribution in [0.25, 0.3) is 0 Å². The molecular weight excluding hydrogens is 282 g/mol. The Kier molecular flexibility index (Phi) is 6.38. The van der Waals surface area contributed by atoms with Crippen LogP contribution in [-0.2, 0) is 16.1 Å². The van der Waals surface area contributed by atoms with Gasteiger partial charge in [-0.15, -0.1) is 0 Å². The summed E-state index contributed by atoms with van der Waals surface area (Å²) in [5.74, 6) is 0. The third kappa shape index (κ3) is 6.45. The standard InChI is InChI=1S/C17H27NO4/c1-16(2,3)22-15(20)18-14(11-19)17(4,5)21-12-13-9-7-6-8-10-13/h6-10,14,19H,11-12H2,1-5H3,(H,18,20). The van der Waals surface area contributed by atoms with Gasteiger partial charge in [-0.05, 0) is 40.2 Å². The molecule has 0 saturated carbocycles. The lowest BCUT2D eigenvalue weighted by Crippen LogP contribution is -2.53. The van der Waals surface area contributed by atoms with Crippen molar-refractivity contribution in [1.82, 2.24) is 5.32 Å². The maximum absolute atomic E-state index is 11.8. The number of carbonyl (C=O) groups is 1. The number of amides is 1. The van der Waals surface area contributed by atoms with Gasteiger partial charge in [0.2, 0.25) is 0 Å². The molecule has 5 nitrogen and oxygen atoms in total. The van der Waals surface area contributed by atoms with Crippen molar-refractivity contribution in [2.24, 2.45) is 0 Å². The van der Waals surface area contributed by atoms with Crippen molar-refractivity contribution in [3.05, 3.63) is 35.9 Å². The van der Waals surface area contributed by atoms with Gasteiger partial charge in [-0.25, -0.2) is 4.79 Å². The third-order valence-electron chi connectivity index (χ3n) is 3.17. The first-order chi connectivity index (χ1) is 10.1. The van der Waals surface area contributed by atoms with E-state index in [1.807, 2.05) is 44.2 Å². The van der Waals surface area contributed by atoms with Crippen LogP contribution in [0.3, 0.4) is 0 Å². The number of hydrogen-bond acceptors (Lipinski definition) is 4. The van der Waals surface area contributed by atoms with Gasteiger partial charge in [0.05, 0.1) is 24.9 Å². The summed E-state index contributed by atoms with van der Waals surface area (Å²) >= 11 is 0. The molecule has 1 atom stereocenters. The Morgan fingerprint density at radius 3 is 2.27 bits per heavy atom. The van der Waals surface area contributed by atoms with Crippen LogP contribution >= 0.6 is 0 Å². The molecule has 22 heavy (non-hydrogen) atoms. The molecule has 0 bridgehead atoms. The van der Waals surface area contributed by atoms with Crippen molar-refractivity contribution in [2.45, 2.75) is 58.5 Å². The smallest absolute Gasteiger partial charge is 0.408 e.